The lowest BCUT2D eigenvalue weighted by molar-refractivity contribution is 0.0693. The summed E-state index contributed by atoms with van der Waals surface area (Å²) in [5.41, 5.74) is 0.0362. The molecule has 1 aliphatic rings. The van der Waals surface area contributed by atoms with Crippen molar-refractivity contribution in [3.63, 3.8) is 0 Å². The molecule has 1 aliphatic heterocycles. The van der Waals surface area contributed by atoms with Crippen LogP contribution in [0.5, 0.6) is 0 Å². The van der Waals surface area contributed by atoms with E-state index in [4.69, 9.17) is 0 Å². The molecule has 0 spiro atoms. The number of benzene rings is 1. The minimum atomic E-state index is -0.530. The fourth-order valence-electron chi connectivity index (χ4n) is 3.33. The number of aryl methyl sites for hydroxylation is 1. The van der Waals surface area contributed by atoms with Crippen LogP contribution in [0.15, 0.2) is 41.2 Å². The Bertz CT molecular complexity index is 936. The molecule has 1 N–H and O–H groups in total. The Kier molecular flexibility index (Phi) is 6.74. The van der Waals surface area contributed by atoms with Crippen molar-refractivity contribution in [1.82, 2.24) is 20.0 Å². The molecule has 1 saturated heterocycles. The van der Waals surface area contributed by atoms with Crippen LogP contribution in [0, 0.1) is 5.82 Å². The van der Waals surface area contributed by atoms with Crippen molar-refractivity contribution in [2.75, 3.05) is 13.1 Å². The normalized spacial score (nSPS) is 14.6. The quantitative estimate of drug-likeness (QED) is 0.806. The summed E-state index contributed by atoms with van der Waals surface area (Å²) in [7, 11) is 0. The molecule has 0 radical (unpaired) electrons. The Balaban J connectivity index is 1.57. The Morgan fingerprint density at radius 3 is 2.59 bits per heavy atom. The topological polar surface area (TPSA) is 84.3 Å². The van der Waals surface area contributed by atoms with Gasteiger partial charge in [-0.3, -0.25) is 14.4 Å². The second-order valence-electron chi connectivity index (χ2n) is 7.15. The molecule has 29 heavy (non-hydrogen) atoms. The predicted molar refractivity (Wildman–Crippen MR) is 106 cm³/mol. The summed E-state index contributed by atoms with van der Waals surface area (Å²) < 4.78 is 15.1. The van der Waals surface area contributed by atoms with E-state index < -0.39 is 5.82 Å². The molecule has 0 unspecified atom stereocenters. The molecule has 0 saturated carbocycles. The lowest BCUT2D eigenvalue weighted by Gasteiger charge is -2.32. The van der Waals surface area contributed by atoms with E-state index in [0.717, 1.165) is 12.8 Å². The number of rotatable bonds is 6. The van der Waals surface area contributed by atoms with Crippen LogP contribution in [0.4, 0.5) is 4.39 Å². The number of hydrogen-bond acceptors (Lipinski definition) is 4. The summed E-state index contributed by atoms with van der Waals surface area (Å²) in [6.45, 7) is 3.36. The molecule has 0 aliphatic carbocycles. The van der Waals surface area contributed by atoms with Crippen LogP contribution >= 0.6 is 0 Å². The zero-order valence-corrected chi connectivity index (χ0v) is 16.4. The van der Waals surface area contributed by atoms with Crippen molar-refractivity contribution in [2.24, 2.45) is 0 Å². The number of piperidine rings is 1. The predicted octanol–water partition coefficient (Wildman–Crippen LogP) is 2.22. The maximum atomic E-state index is 13.8. The van der Waals surface area contributed by atoms with Crippen LogP contribution in [-0.2, 0) is 6.54 Å². The monoisotopic (exact) mass is 400 g/mol. The highest BCUT2D eigenvalue weighted by Crippen LogP contribution is 2.16. The standard InChI is InChI=1S/C21H25FN4O3/c1-2-3-12-26-19(27)9-8-18(24-26)20(28)23-15-10-13-25(14-11-15)21(29)16-6-4-5-7-17(16)22/h4-9,15H,2-3,10-14H2,1H3,(H,23,28). The van der Waals surface area contributed by atoms with E-state index in [9.17, 15) is 18.8 Å². The van der Waals surface area contributed by atoms with Gasteiger partial charge in [-0.2, -0.15) is 5.10 Å². The van der Waals surface area contributed by atoms with Crippen LogP contribution < -0.4 is 10.9 Å². The molecule has 1 aromatic heterocycles. The second-order valence-corrected chi connectivity index (χ2v) is 7.15. The first-order valence-corrected chi connectivity index (χ1v) is 9.92. The molecule has 7 nitrogen and oxygen atoms in total. The molecule has 2 heterocycles. The van der Waals surface area contributed by atoms with Gasteiger partial charge in [-0.05, 0) is 37.5 Å². The lowest BCUT2D eigenvalue weighted by Crippen LogP contribution is -2.47. The zero-order valence-electron chi connectivity index (χ0n) is 16.4. The number of amides is 2. The molecule has 1 aromatic carbocycles. The number of carbonyl (C=O) groups excluding carboxylic acids is 2. The summed E-state index contributed by atoms with van der Waals surface area (Å²) >= 11 is 0. The first-order valence-electron chi connectivity index (χ1n) is 9.92. The Morgan fingerprint density at radius 2 is 1.90 bits per heavy atom. The molecule has 1 fully saturated rings. The molecule has 0 atom stereocenters. The third-order valence-electron chi connectivity index (χ3n) is 5.04. The molecular weight excluding hydrogens is 375 g/mol. The molecule has 8 heteroatoms. The van der Waals surface area contributed by atoms with Crippen molar-refractivity contribution >= 4 is 11.8 Å². The van der Waals surface area contributed by atoms with E-state index in [-0.39, 0.29) is 34.7 Å². The van der Waals surface area contributed by atoms with Crippen molar-refractivity contribution in [3.05, 3.63) is 63.8 Å². The molecule has 0 bridgehead atoms. The van der Waals surface area contributed by atoms with Gasteiger partial charge in [-0.25, -0.2) is 9.07 Å². The van der Waals surface area contributed by atoms with E-state index in [1.807, 2.05) is 6.92 Å². The average molecular weight is 400 g/mol. The fraction of sp³-hybridized carbons (Fsp3) is 0.429. The summed E-state index contributed by atoms with van der Waals surface area (Å²) in [5.74, 6) is -1.20. The number of nitrogens with one attached hydrogen (secondary N) is 1. The summed E-state index contributed by atoms with van der Waals surface area (Å²) in [5, 5.41) is 7.07. The number of carbonyl (C=O) groups is 2. The van der Waals surface area contributed by atoms with E-state index in [0.29, 0.717) is 32.5 Å². The number of nitrogens with zero attached hydrogens (tertiary/aromatic N) is 3. The number of hydrogen-bond donors (Lipinski definition) is 1. The largest absolute Gasteiger partial charge is 0.348 e. The van der Waals surface area contributed by atoms with Gasteiger partial charge < -0.3 is 10.2 Å². The van der Waals surface area contributed by atoms with Crippen LogP contribution in [0.2, 0.25) is 0 Å². The minimum absolute atomic E-state index is 0.0634. The van der Waals surface area contributed by atoms with Gasteiger partial charge in [0.25, 0.3) is 17.4 Å². The fourth-order valence-corrected chi connectivity index (χ4v) is 3.33. The van der Waals surface area contributed by atoms with Gasteiger partial charge in [0.05, 0.1) is 5.56 Å². The molecule has 3 rings (SSSR count). The van der Waals surface area contributed by atoms with Crippen molar-refractivity contribution in [3.8, 4) is 0 Å². The third-order valence-corrected chi connectivity index (χ3v) is 5.04. The molecule has 2 aromatic rings. The van der Waals surface area contributed by atoms with Gasteiger partial charge in [-0.1, -0.05) is 25.5 Å². The molecular formula is C21H25FN4O3. The number of aromatic nitrogens is 2. The second kappa shape index (κ2) is 9.45. The Hall–Kier alpha value is -3.03. The smallest absolute Gasteiger partial charge is 0.271 e. The van der Waals surface area contributed by atoms with Gasteiger partial charge in [0, 0.05) is 31.7 Å². The minimum Gasteiger partial charge on any atom is -0.348 e. The van der Waals surface area contributed by atoms with Gasteiger partial charge in [0.15, 0.2) is 0 Å². The van der Waals surface area contributed by atoms with Gasteiger partial charge in [-0.15, -0.1) is 0 Å². The Labute approximate surface area is 168 Å². The highest BCUT2D eigenvalue weighted by atomic mass is 19.1. The maximum Gasteiger partial charge on any atom is 0.271 e. The lowest BCUT2D eigenvalue weighted by atomic mass is 10.0. The average Bonchev–Trinajstić information content (AvgIpc) is 2.73. The van der Waals surface area contributed by atoms with E-state index in [2.05, 4.69) is 10.4 Å². The summed E-state index contributed by atoms with van der Waals surface area (Å²) in [4.78, 5) is 38.4. The van der Waals surface area contributed by atoms with Crippen LogP contribution in [-0.4, -0.2) is 45.6 Å². The maximum absolute atomic E-state index is 13.8. The van der Waals surface area contributed by atoms with E-state index in [1.54, 1.807) is 17.0 Å². The zero-order chi connectivity index (χ0) is 20.8. The first-order chi connectivity index (χ1) is 14.0. The third kappa shape index (κ3) is 5.07. The van der Waals surface area contributed by atoms with Crippen LogP contribution in [0.1, 0.15) is 53.5 Å². The highest BCUT2D eigenvalue weighted by molar-refractivity contribution is 5.94. The number of halogens is 1. The van der Waals surface area contributed by atoms with Gasteiger partial charge >= 0.3 is 0 Å². The van der Waals surface area contributed by atoms with Crippen molar-refractivity contribution < 1.29 is 14.0 Å². The van der Waals surface area contributed by atoms with Crippen molar-refractivity contribution in [1.29, 1.82) is 0 Å². The highest BCUT2D eigenvalue weighted by Gasteiger charge is 2.26. The van der Waals surface area contributed by atoms with E-state index in [1.165, 1.54) is 28.9 Å². The summed E-state index contributed by atoms with van der Waals surface area (Å²) in [6.07, 6.45) is 2.88. The number of likely N-dealkylation sites (tertiary alicyclic amines) is 1. The SMILES string of the molecule is CCCCn1nc(C(=O)NC2CCN(C(=O)c3ccccc3F)CC2)ccc1=O. The Morgan fingerprint density at radius 1 is 1.17 bits per heavy atom. The van der Waals surface area contributed by atoms with Crippen LogP contribution in [0.3, 0.4) is 0 Å². The van der Waals surface area contributed by atoms with Gasteiger partial charge in [0.2, 0.25) is 0 Å². The molecule has 154 valence electrons. The van der Waals surface area contributed by atoms with Gasteiger partial charge in [0.1, 0.15) is 11.5 Å². The molecule has 2 amide bonds. The van der Waals surface area contributed by atoms with Crippen molar-refractivity contribution in [2.45, 2.75) is 45.2 Å². The van der Waals surface area contributed by atoms with E-state index >= 15 is 0 Å². The first kappa shape index (κ1) is 20.7. The number of unbranched alkanes of at least 4 members (excludes halogenated alkanes) is 1. The summed E-state index contributed by atoms with van der Waals surface area (Å²) in [6, 6.07) is 8.61. The van der Waals surface area contributed by atoms with Crippen LogP contribution in [0.25, 0.3) is 0 Å².